The zero-order valence-electron chi connectivity index (χ0n) is 7.66. The van der Waals surface area contributed by atoms with E-state index in [0.717, 1.165) is 0 Å². The van der Waals surface area contributed by atoms with Crippen molar-refractivity contribution in [3.63, 3.8) is 0 Å². The van der Waals surface area contributed by atoms with E-state index in [9.17, 15) is 9.59 Å². The van der Waals surface area contributed by atoms with Crippen LogP contribution in [0.5, 0.6) is 0 Å². The summed E-state index contributed by atoms with van der Waals surface area (Å²) < 4.78 is 4.45. The summed E-state index contributed by atoms with van der Waals surface area (Å²) in [6.45, 7) is 1.91. The van der Waals surface area contributed by atoms with Gasteiger partial charge in [0, 0.05) is 12.1 Å². The SMILES string of the molecule is COC(=O)C(C)=CCCNC(=O)O. The maximum atomic E-state index is 10.8. The Kier molecular flexibility index (Phi) is 5.34. The van der Waals surface area contributed by atoms with E-state index in [1.807, 2.05) is 0 Å². The number of hydrogen-bond acceptors (Lipinski definition) is 3. The molecule has 0 heterocycles. The second-order valence-corrected chi connectivity index (χ2v) is 2.40. The molecule has 0 radical (unpaired) electrons. The molecule has 13 heavy (non-hydrogen) atoms. The Morgan fingerprint density at radius 3 is 2.62 bits per heavy atom. The number of amides is 1. The molecule has 1 amide bonds. The smallest absolute Gasteiger partial charge is 0.404 e. The third-order valence-corrected chi connectivity index (χ3v) is 1.38. The number of ether oxygens (including phenoxy) is 1. The quantitative estimate of drug-likeness (QED) is 0.387. The molecule has 0 rings (SSSR count). The lowest BCUT2D eigenvalue weighted by molar-refractivity contribution is -0.136. The van der Waals surface area contributed by atoms with Gasteiger partial charge in [0.25, 0.3) is 0 Å². The summed E-state index contributed by atoms with van der Waals surface area (Å²) in [5, 5.41) is 10.4. The first-order valence-electron chi connectivity index (χ1n) is 3.79. The van der Waals surface area contributed by atoms with Gasteiger partial charge in [-0.25, -0.2) is 9.59 Å². The molecule has 0 aromatic heterocycles. The molecule has 0 aliphatic heterocycles. The van der Waals surface area contributed by atoms with E-state index in [4.69, 9.17) is 5.11 Å². The molecular weight excluding hydrogens is 174 g/mol. The van der Waals surface area contributed by atoms with Crippen molar-refractivity contribution >= 4 is 12.1 Å². The molecule has 0 aromatic carbocycles. The summed E-state index contributed by atoms with van der Waals surface area (Å²) in [6, 6.07) is 0. The van der Waals surface area contributed by atoms with Gasteiger partial charge in [-0.2, -0.15) is 0 Å². The van der Waals surface area contributed by atoms with Crippen LogP contribution >= 0.6 is 0 Å². The second-order valence-electron chi connectivity index (χ2n) is 2.40. The average Bonchev–Trinajstić information content (AvgIpc) is 2.10. The third-order valence-electron chi connectivity index (χ3n) is 1.38. The maximum absolute atomic E-state index is 10.8. The second kappa shape index (κ2) is 6.05. The first-order chi connectivity index (χ1) is 6.07. The van der Waals surface area contributed by atoms with Gasteiger partial charge >= 0.3 is 12.1 Å². The van der Waals surface area contributed by atoms with Crippen molar-refractivity contribution in [1.82, 2.24) is 5.32 Å². The van der Waals surface area contributed by atoms with Crippen molar-refractivity contribution in [3.05, 3.63) is 11.6 Å². The molecule has 0 aliphatic rings. The molecule has 0 atom stereocenters. The summed E-state index contributed by atoms with van der Waals surface area (Å²) in [5.41, 5.74) is 0.481. The molecule has 0 saturated heterocycles. The largest absolute Gasteiger partial charge is 0.466 e. The van der Waals surface area contributed by atoms with Crippen LogP contribution in [-0.2, 0) is 9.53 Å². The molecule has 0 aliphatic carbocycles. The van der Waals surface area contributed by atoms with E-state index < -0.39 is 12.1 Å². The third kappa shape index (κ3) is 5.72. The van der Waals surface area contributed by atoms with Gasteiger partial charge in [-0.3, -0.25) is 0 Å². The van der Waals surface area contributed by atoms with Crippen molar-refractivity contribution in [2.75, 3.05) is 13.7 Å². The number of hydrogen-bond donors (Lipinski definition) is 2. The van der Waals surface area contributed by atoms with Crippen LogP contribution in [0.1, 0.15) is 13.3 Å². The van der Waals surface area contributed by atoms with Crippen LogP contribution in [0.25, 0.3) is 0 Å². The monoisotopic (exact) mass is 187 g/mol. The fraction of sp³-hybridized carbons (Fsp3) is 0.500. The van der Waals surface area contributed by atoms with Crippen molar-refractivity contribution in [3.8, 4) is 0 Å². The van der Waals surface area contributed by atoms with Gasteiger partial charge in [0.2, 0.25) is 0 Å². The Hall–Kier alpha value is -1.52. The van der Waals surface area contributed by atoms with Gasteiger partial charge < -0.3 is 15.2 Å². The predicted molar refractivity (Wildman–Crippen MR) is 46.4 cm³/mol. The Labute approximate surface area is 76.4 Å². The number of methoxy groups -OCH3 is 1. The van der Waals surface area contributed by atoms with Crippen LogP contribution in [0.15, 0.2) is 11.6 Å². The molecule has 0 unspecified atom stereocenters. The Morgan fingerprint density at radius 1 is 1.54 bits per heavy atom. The summed E-state index contributed by atoms with van der Waals surface area (Å²) in [6.07, 6.45) is 1.04. The number of esters is 1. The molecule has 0 fully saturated rings. The highest BCUT2D eigenvalue weighted by atomic mass is 16.5. The van der Waals surface area contributed by atoms with E-state index in [-0.39, 0.29) is 0 Å². The maximum Gasteiger partial charge on any atom is 0.404 e. The van der Waals surface area contributed by atoms with Crippen molar-refractivity contribution in [1.29, 1.82) is 0 Å². The lowest BCUT2D eigenvalue weighted by Gasteiger charge is -1.99. The van der Waals surface area contributed by atoms with E-state index >= 15 is 0 Å². The summed E-state index contributed by atoms with van der Waals surface area (Å²) in [4.78, 5) is 20.8. The molecule has 5 heteroatoms. The van der Waals surface area contributed by atoms with Crippen LogP contribution in [0.2, 0.25) is 0 Å². The zero-order chi connectivity index (χ0) is 10.3. The van der Waals surface area contributed by atoms with Crippen molar-refractivity contribution in [2.24, 2.45) is 0 Å². The van der Waals surface area contributed by atoms with Gasteiger partial charge in [-0.1, -0.05) is 6.08 Å². The molecule has 0 aromatic rings. The van der Waals surface area contributed by atoms with Crippen LogP contribution in [0.4, 0.5) is 4.79 Å². The van der Waals surface area contributed by atoms with E-state index in [1.54, 1.807) is 13.0 Å². The summed E-state index contributed by atoms with van der Waals surface area (Å²) >= 11 is 0. The van der Waals surface area contributed by atoms with E-state index in [0.29, 0.717) is 18.5 Å². The minimum Gasteiger partial charge on any atom is -0.466 e. The molecule has 0 spiro atoms. The molecule has 5 nitrogen and oxygen atoms in total. The van der Waals surface area contributed by atoms with Crippen LogP contribution in [-0.4, -0.2) is 30.8 Å². The number of carbonyl (C=O) groups excluding carboxylic acids is 1. The summed E-state index contributed by atoms with van der Waals surface area (Å²) in [5.74, 6) is -0.393. The average molecular weight is 187 g/mol. The lowest BCUT2D eigenvalue weighted by atomic mass is 10.2. The van der Waals surface area contributed by atoms with Crippen molar-refractivity contribution in [2.45, 2.75) is 13.3 Å². The van der Waals surface area contributed by atoms with Gasteiger partial charge in [0.1, 0.15) is 0 Å². The predicted octanol–water partition coefficient (Wildman–Crippen LogP) is 0.763. The highest BCUT2D eigenvalue weighted by molar-refractivity contribution is 5.87. The van der Waals surface area contributed by atoms with Gasteiger partial charge in [0.15, 0.2) is 0 Å². The highest BCUT2D eigenvalue weighted by Gasteiger charge is 2.01. The Bertz CT molecular complexity index is 222. The molecule has 0 bridgehead atoms. The summed E-state index contributed by atoms with van der Waals surface area (Å²) in [7, 11) is 1.30. The van der Waals surface area contributed by atoms with Gasteiger partial charge in [-0.15, -0.1) is 0 Å². The molecule has 2 N–H and O–H groups in total. The lowest BCUT2D eigenvalue weighted by Crippen LogP contribution is -2.21. The van der Waals surface area contributed by atoms with E-state index in [2.05, 4.69) is 10.1 Å². The first-order valence-corrected chi connectivity index (χ1v) is 3.79. The topological polar surface area (TPSA) is 75.6 Å². The number of carbonyl (C=O) groups is 2. The fourth-order valence-electron chi connectivity index (χ4n) is 0.712. The van der Waals surface area contributed by atoms with Gasteiger partial charge in [-0.05, 0) is 13.3 Å². The van der Waals surface area contributed by atoms with Crippen molar-refractivity contribution < 1.29 is 19.4 Å². The number of nitrogens with one attached hydrogen (secondary N) is 1. The first kappa shape index (κ1) is 11.5. The normalized spacial score (nSPS) is 10.8. The number of carboxylic acid groups (broad SMARTS) is 1. The van der Waals surface area contributed by atoms with Gasteiger partial charge in [0.05, 0.1) is 7.11 Å². The van der Waals surface area contributed by atoms with E-state index in [1.165, 1.54) is 7.11 Å². The standard InChI is InChI=1S/C8H13NO4/c1-6(7(10)13-2)4-3-5-9-8(11)12/h4,9H,3,5H2,1-2H3,(H,11,12). The zero-order valence-corrected chi connectivity index (χ0v) is 7.66. The minimum atomic E-state index is -1.07. The molecule has 0 saturated carbocycles. The highest BCUT2D eigenvalue weighted by Crippen LogP contribution is 1.96. The van der Waals surface area contributed by atoms with Crippen LogP contribution in [0.3, 0.4) is 0 Å². The molecular formula is C8H13NO4. The van der Waals surface area contributed by atoms with Crippen LogP contribution < -0.4 is 5.32 Å². The Morgan fingerprint density at radius 2 is 2.15 bits per heavy atom. The Balaban J connectivity index is 3.71. The molecule has 74 valence electrons. The number of rotatable bonds is 4. The van der Waals surface area contributed by atoms with Crippen LogP contribution in [0, 0.1) is 0 Å². The fourth-order valence-corrected chi connectivity index (χ4v) is 0.712. The minimum absolute atomic E-state index is 0.295.